The molecule has 1 aliphatic heterocycles. The molecule has 8 heteroatoms. The summed E-state index contributed by atoms with van der Waals surface area (Å²) in [4.78, 5) is 32.7. The number of imide groups is 1. The maximum atomic E-state index is 11.5. The van der Waals surface area contributed by atoms with Gasteiger partial charge in [0.05, 0.1) is 18.4 Å². The van der Waals surface area contributed by atoms with Gasteiger partial charge in [-0.3, -0.25) is 14.5 Å². The molecule has 0 aliphatic carbocycles. The maximum absolute atomic E-state index is 11.5. The Labute approximate surface area is 131 Å². The van der Waals surface area contributed by atoms with Gasteiger partial charge in [0.2, 0.25) is 5.91 Å². The molecule has 0 bridgehead atoms. The third kappa shape index (κ3) is 2.82. The molecule has 1 aliphatic rings. The van der Waals surface area contributed by atoms with Gasteiger partial charge in [0.15, 0.2) is 0 Å². The molecule has 0 atom stereocenters. The third-order valence-electron chi connectivity index (χ3n) is 3.31. The topological polar surface area (TPSA) is 84.4 Å². The molecule has 1 fully saturated rings. The van der Waals surface area contributed by atoms with E-state index in [2.05, 4.69) is 15.3 Å². The first kappa shape index (κ1) is 14.6. The van der Waals surface area contributed by atoms with Crippen molar-refractivity contribution in [2.75, 3.05) is 31.3 Å². The summed E-state index contributed by atoms with van der Waals surface area (Å²) in [5.74, 6) is 1.44. The number of rotatable bonds is 5. The highest BCUT2D eigenvalue weighted by Crippen LogP contribution is 2.24. The van der Waals surface area contributed by atoms with Crippen LogP contribution in [0.2, 0.25) is 0 Å². The molecule has 22 heavy (non-hydrogen) atoms. The standard InChI is InChI=1S/C14H14N4O3S/c1-21-9-2-3-11-10(6-9)13(17-8-16-11)15-4-5-18-12(19)7-22-14(18)20/h2-3,6,8H,4-5,7H2,1H3,(H,15,16,17). The predicted molar refractivity (Wildman–Crippen MR) is 84.1 cm³/mol. The molecule has 2 heterocycles. The second-order valence-electron chi connectivity index (χ2n) is 4.63. The van der Waals surface area contributed by atoms with Crippen molar-refractivity contribution in [2.45, 2.75) is 0 Å². The molecule has 0 radical (unpaired) electrons. The Kier molecular flexibility index (Phi) is 4.10. The van der Waals surface area contributed by atoms with Crippen LogP contribution in [0.3, 0.4) is 0 Å². The lowest BCUT2D eigenvalue weighted by atomic mass is 10.2. The highest BCUT2D eigenvalue weighted by molar-refractivity contribution is 8.14. The van der Waals surface area contributed by atoms with E-state index >= 15 is 0 Å². The van der Waals surface area contributed by atoms with E-state index in [0.717, 1.165) is 22.7 Å². The molecule has 1 aromatic heterocycles. The first-order chi connectivity index (χ1) is 10.7. The number of carbonyl (C=O) groups is 2. The average Bonchev–Trinajstić information content (AvgIpc) is 2.86. The fourth-order valence-electron chi connectivity index (χ4n) is 2.19. The minimum atomic E-state index is -0.194. The Morgan fingerprint density at radius 1 is 1.36 bits per heavy atom. The van der Waals surface area contributed by atoms with E-state index in [-0.39, 0.29) is 16.9 Å². The Morgan fingerprint density at radius 3 is 2.95 bits per heavy atom. The minimum absolute atomic E-state index is 0.147. The zero-order valence-corrected chi connectivity index (χ0v) is 12.7. The largest absolute Gasteiger partial charge is 0.497 e. The van der Waals surface area contributed by atoms with Gasteiger partial charge < -0.3 is 10.1 Å². The van der Waals surface area contributed by atoms with E-state index in [9.17, 15) is 9.59 Å². The molecule has 1 aromatic carbocycles. The fourth-order valence-corrected chi connectivity index (χ4v) is 2.94. The molecular formula is C14H14N4O3S. The quantitative estimate of drug-likeness (QED) is 0.899. The van der Waals surface area contributed by atoms with Crippen LogP contribution in [0.4, 0.5) is 10.6 Å². The van der Waals surface area contributed by atoms with Gasteiger partial charge in [-0.25, -0.2) is 9.97 Å². The molecule has 0 saturated carbocycles. The van der Waals surface area contributed by atoms with Crippen LogP contribution in [0.1, 0.15) is 0 Å². The molecular weight excluding hydrogens is 304 g/mol. The van der Waals surface area contributed by atoms with Gasteiger partial charge in [0.1, 0.15) is 17.9 Å². The molecule has 2 aromatic rings. The monoisotopic (exact) mass is 318 g/mol. The zero-order chi connectivity index (χ0) is 15.5. The Hall–Kier alpha value is -2.35. The minimum Gasteiger partial charge on any atom is -0.497 e. The number of amides is 2. The summed E-state index contributed by atoms with van der Waals surface area (Å²) in [7, 11) is 1.60. The van der Waals surface area contributed by atoms with Crippen LogP contribution in [0.25, 0.3) is 10.9 Å². The molecule has 7 nitrogen and oxygen atoms in total. The summed E-state index contributed by atoms with van der Waals surface area (Å²) in [5, 5.41) is 3.78. The van der Waals surface area contributed by atoms with Crippen molar-refractivity contribution in [1.82, 2.24) is 14.9 Å². The van der Waals surface area contributed by atoms with Crippen molar-refractivity contribution < 1.29 is 14.3 Å². The van der Waals surface area contributed by atoms with Gasteiger partial charge >= 0.3 is 0 Å². The highest BCUT2D eigenvalue weighted by Gasteiger charge is 2.29. The summed E-state index contributed by atoms with van der Waals surface area (Å²) >= 11 is 1.03. The number of hydrogen-bond acceptors (Lipinski definition) is 7. The molecule has 114 valence electrons. The summed E-state index contributed by atoms with van der Waals surface area (Å²) in [5.41, 5.74) is 0.794. The number of aromatic nitrogens is 2. The van der Waals surface area contributed by atoms with E-state index in [1.807, 2.05) is 18.2 Å². The van der Waals surface area contributed by atoms with Crippen LogP contribution in [-0.4, -0.2) is 52.0 Å². The van der Waals surface area contributed by atoms with Gasteiger partial charge in [0, 0.05) is 18.5 Å². The van der Waals surface area contributed by atoms with E-state index < -0.39 is 0 Å². The van der Waals surface area contributed by atoms with Crippen molar-refractivity contribution >= 4 is 39.6 Å². The number of hydrogen-bond donors (Lipinski definition) is 1. The van der Waals surface area contributed by atoms with Crippen molar-refractivity contribution in [3.05, 3.63) is 24.5 Å². The molecule has 3 rings (SSSR count). The number of ether oxygens (including phenoxy) is 1. The third-order valence-corrected chi connectivity index (χ3v) is 4.17. The van der Waals surface area contributed by atoms with E-state index in [0.29, 0.717) is 24.7 Å². The Morgan fingerprint density at radius 2 is 2.23 bits per heavy atom. The first-order valence-corrected chi connectivity index (χ1v) is 7.67. The van der Waals surface area contributed by atoms with Crippen LogP contribution in [-0.2, 0) is 4.79 Å². The Bertz CT molecular complexity index is 721. The summed E-state index contributed by atoms with van der Waals surface area (Å²) in [6.07, 6.45) is 1.47. The van der Waals surface area contributed by atoms with E-state index in [1.165, 1.54) is 11.2 Å². The van der Waals surface area contributed by atoms with E-state index in [1.54, 1.807) is 7.11 Å². The molecule has 0 unspecified atom stereocenters. The van der Waals surface area contributed by atoms with Gasteiger partial charge in [-0.15, -0.1) is 0 Å². The molecule has 1 saturated heterocycles. The highest BCUT2D eigenvalue weighted by atomic mass is 32.2. The number of carbonyl (C=O) groups excluding carboxylic acids is 2. The van der Waals surface area contributed by atoms with Crippen molar-refractivity contribution in [3.63, 3.8) is 0 Å². The fraction of sp³-hybridized carbons (Fsp3) is 0.286. The number of anilines is 1. The first-order valence-electron chi connectivity index (χ1n) is 6.69. The van der Waals surface area contributed by atoms with Gasteiger partial charge in [-0.1, -0.05) is 11.8 Å². The normalized spacial score (nSPS) is 14.7. The van der Waals surface area contributed by atoms with Gasteiger partial charge in [-0.05, 0) is 18.2 Å². The van der Waals surface area contributed by atoms with Crippen LogP contribution >= 0.6 is 11.8 Å². The van der Waals surface area contributed by atoms with Crippen LogP contribution in [0.5, 0.6) is 5.75 Å². The van der Waals surface area contributed by atoms with E-state index in [4.69, 9.17) is 4.74 Å². The number of fused-ring (bicyclic) bond motifs is 1. The number of nitrogens with one attached hydrogen (secondary N) is 1. The van der Waals surface area contributed by atoms with Crippen LogP contribution < -0.4 is 10.1 Å². The molecule has 2 amide bonds. The molecule has 1 N–H and O–H groups in total. The van der Waals surface area contributed by atoms with Crippen molar-refractivity contribution in [1.29, 1.82) is 0 Å². The second kappa shape index (κ2) is 6.18. The van der Waals surface area contributed by atoms with Crippen LogP contribution in [0.15, 0.2) is 24.5 Å². The van der Waals surface area contributed by atoms with Gasteiger partial charge in [-0.2, -0.15) is 0 Å². The summed E-state index contributed by atoms with van der Waals surface area (Å²) in [6.45, 7) is 0.751. The zero-order valence-electron chi connectivity index (χ0n) is 11.9. The lowest BCUT2D eigenvalue weighted by molar-refractivity contribution is -0.124. The number of thioether (sulfide) groups is 1. The number of benzene rings is 1. The predicted octanol–water partition coefficient (Wildman–Crippen LogP) is 1.75. The summed E-state index contributed by atoms with van der Waals surface area (Å²) < 4.78 is 5.21. The average molecular weight is 318 g/mol. The number of methoxy groups -OCH3 is 1. The summed E-state index contributed by atoms with van der Waals surface area (Å²) in [6, 6.07) is 5.53. The maximum Gasteiger partial charge on any atom is 0.288 e. The van der Waals surface area contributed by atoms with Crippen molar-refractivity contribution in [2.24, 2.45) is 0 Å². The molecule has 0 spiro atoms. The van der Waals surface area contributed by atoms with Crippen LogP contribution in [0, 0.1) is 0 Å². The smallest absolute Gasteiger partial charge is 0.288 e. The second-order valence-corrected chi connectivity index (χ2v) is 5.56. The van der Waals surface area contributed by atoms with Gasteiger partial charge in [0.25, 0.3) is 5.24 Å². The number of nitrogens with zero attached hydrogens (tertiary/aromatic N) is 3. The lowest BCUT2D eigenvalue weighted by Gasteiger charge is -2.14. The lowest BCUT2D eigenvalue weighted by Crippen LogP contribution is -2.33. The SMILES string of the molecule is COc1ccc2ncnc(NCCN3C(=O)CSC3=O)c2c1. The Balaban J connectivity index is 1.73. The van der Waals surface area contributed by atoms with Crippen molar-refractivity contribution in [3.8, 4) is 5.75 Å².